The van der Waals surface area contributed by atoms with Crippen molar-refractivity contribution in [3.05, 3.63) is 0 Å². The Hall–Kier alpha value is -0.0400. The Kier molecular flexibility index (Phi) is 3.78. The maximum Gasteiger partial charge on any atom is 0.0568 e. The third-order valence-corrected chi connectivity index (χ3v) is 2.99. The number of hydrogen-bond acceptors (Lipinski definition) is 1. The van der Waals surface area contributed by atoms with Crippen LogP contribution < -0.4 is 0 Å². The minimum Gasteiger partial charge on any atom is -0.393 e. The SMILES string of the molecule is CC(C)(C)C[C@@H]1CCCCC[C@H]1O. The molecule has 2 atom stereocenters. The molecule has 1 saturated carbocycles. The topological polar surface area (TPSA) is 20.2 Å². The summed E-state index contributed by atoms with van der Waals surface area (Å²) >= 11 is 0. The highest BCUT2D eigenvalue weighted by Crippen LogP contribution is 2.33. The van der Waals surface area contributed by atoms with Gasteiger partial charge in [0.1, 0.15) is 0 Å². The number of rotatable bonds is 1. The summed E-state index contributed by atoms with van der Waals surface area (Å²) in [5, 5.41) is 9.91. The van der Waals surface area contributed by atoms with E-state index in [0.29, 0.717) is 11.3 Å². The maximum atomic E-state index is 9.91. The Morgan fingerprint density at radius 2 is 1.69 bits per heavy atom. The van der Waals surface area contributed by atoms with Crippen LogP contribution in [0.3, 0.4) is 0 Å². The van der Waals surface area contributed by atoms with Gasteiger partial charge in [-0.05, 0) is 30.6 Å². The molecule has 1 aliphatic rings. The Bertz CT molecular complexity index is 146. The zero-order chi connectivity index (χ0) is 9.90. The second-order valence-electron chi connectivity index (χ2n) is 5.73. The zero-order valence-electron chi connectivity index (χ0n) is 9.34. The molecule has 0 unspecified atom stereocenters. The minimum atomic E-state index is -0.0262. The van der Waals surface area contributed by atoms with E-state index in [9.17, 15) is 5.11 Å². The van der Waals surface area contributed by atoms with E-state index in [4.69, 9.17) is 0 Å². The Morgan fingerprint density at radius 1 is 1.08 bits per heavy atom. The molecule has 0 aromatic rings. The largest absolute Gasteiger partial charge is 0.393 e. The lowest BCUT2D eigenvalue weighted by Crippen LogP contribution is -2.24. The molecule has 1 nitrogen and oxygen atoms in total. The predicted molar refractivity (Wildman–Crippen MR) is 56.7 cm³/mol. The normalized spacial score (nSPS) is 31.4. The Morgan fingerprint density at radius 3 is 2.31 bits per heavy atom. The van der Waals surface area contributed by atoms with Crippen molar-refractivity contribution in [2.45, 2.75) is 65.4 Å². The van der Waals surface area contributed by atoms with Gasteiger partial charge in [-0.1, -0.05) is 40.0 Å². The Balaban J connectivity index is 2.45. The van der Waals surface area contributed by atoms with Crippen LogP contribution in [0, 0.1) is 11.3 Å². The van der Waals surface area contributed by atoms with Gasteiger partial charge < -0.3 is 5.11 Å². The van der Waals surface area contributed by atoms with Crippen LogP contribution in [-0.2, 0) is 0 Å². The molecular formula is C12H24O. The van der Waals surface area contributed by atoms with E-state index in [1.807, 2.05) is 0 Å². The fraction of sp³-hybridized carbons (Fsp3) is 1.00. The average molecular weight is 184 g/mol. The van der Waals surface area contributed by atoms with Gasteiger partial charge in [-0.25, -0.2) is 0 Å². The van der Waals surface area contributed by atoms with Gasteiger partial charge in [-0.15, -0.1) is 0 Å². The summed E-state index contributed by atoms with van der Waals surface area (Å²) in [6.07, 6.45) is 7.27. The summed E-state index contributed by atoms with van der Waals surface area (Å²) in [5.74, 6) is 0.558. The molecule has 0 bridgehead atoms. The molecule has 0 saturated heterocycles. The van der Waals surface area contributed by atoms with E-state index >= 15 is 0 Å². The summed E-state index contributed by atoms with van der Waals surface area (Å²) in [6.45, 7) is 6.81. The molecule has 0 amide bonds. The van der Waals surface area contributed by atoms with E-state index in [-0.39, 0.29) is 6.10 Å². The van der Waals surface area contributed by atoms with Crippen molar-refractivity contribution in [3.63, 3.8) is 0 Å². The molecule has 13 heavy (non-hydrogen) atoms. The van der Waals surface area contributed by atoms with Gasteiger partial charge in [0, 0.05) is 0 Å². The highest BCUT2D eigenvalue weighted by molar-refractivity contribution is 4.77. The van der Waals surface area contributed by atoms with Gasteiger partial charge in [0.25, 0.3) is 0 Å². The molecule has 1 fully saturated rings. The van der Waals surface area contributed by atoms with E-state index in [1.54, 1.807) is 0 Å². The van der Waals surface area contributed by atoms with Crippen LogP contribution in [0.25, 0.3) is 0 Å². The molecule has 0 aromatic carbocycles. The van der Waals surface area contributed by atoms with Crippen molar-refractivity contribution in [2.75, 3.05) is 0 Å². The van der Waals surface area contributed by atoms with Gasteiger partial charge in [-0.3, -0.25) is 0 Å². The maximum absolute atomic E-state index is 9.91. The molecule has 1 aliphatic carbocycles. The van der Waals surface area contributed by atoms with Crippen LogP contribution in [0.2, 0.25) is 0 Å². The summed E-state index contributed by atoms with van der Waals surface area (Å²) < 4.78 is 0. The zero-order valence-corrected chi connectivity index (χ0v) is 9.34. The quantitative estimate of drug-likeness (QED) is 0.619. The fourth-order valence-electron chi connectivity index (χ4n) is 2.39. The molecule has 0 aromatic heterocycles. The lowest BCUT2D eigenvalue weighted by Gasteiger charge is -2.28. The van der Waals surface area contributed by atoms with Crippen molar-refractivity contribution in [1.82, 2.24) is 0 Å². The van der Waals surface area contributed by atoms with Crippen molar-refractivity contribution in [3.8, 4) is 0 Å². The monoisotopic (exact) mass is 184 g/mol. The summed E-state index contributed by atoms with van der Waals surface area (Å²) in [5.41, 5.74) is 0.371. The molecule has 1 heteroatoms. The van der Waals surface area contributed by atoms with Crippen LogP contribution in [-0.4, -0.2) is 11.2 Å². The van der Waals surface area contributed by atoms with Crippen molar-refractivity contribution < 1.29 is 5.11 Å². The number of aliphatic hydroxyl groups is 1. The van der Waals surface area contributed by atoms with E-state index in [1.165, 1.54) is 32.1 Å². The van der Waals surface area contributed by atoms with Gasteiger partial charge in [0.15, 0.2) is 0 Å². The third-order valence-electron chi connectivity index (χ3n) is 2.99. The first kappa shape index (κ1) is 11.0. The molecule has 0 heterocycles. The smallest absolute Gasteiger partial charge is 0.0568 e. The van der Waals surface area contributed by atoms with Crippen LogP contribution in [0.15, 0.2) is 0 Å². The lowest BCUT2D eigenvalue weighted by atomic mass is 9.80. The van der Waals surface area contributed by atoms with Crippen LogP contribution in [0.5, 0.6) is 0 Å². The van der Waals surface area contributed by atoms with Crippen molar-refractivity contribution in [2.24, 2.45) is 11.3 Å². The average Bonchev–Trinajstić information content (AvgIpc) is 2.14. The number of hydrogen-bond donors (Lipinski definition) is 1. The molecule has 0 spiro atoms. The number of aliphatic hydroxyl groups excluding tert-OH is 1. The third kappa shape index (κ3) is 4.12. The lowest BCUT2D eigenvalue weighted by molar-refractivity contribution is 0.0755. The summed E-state index contributed by atoms with van der Waals surface area (Å²) in [6, 6.07) is 0. The fourth-order valence-corrected chi connectivity index (χ4v) is 2.39. The van der Waals surface area contributed by atoms with E-state index in [0.717, 1.165) is 6.42 Å². The first-order valence-corrected chi connectivity index (χ1v) is 5.67. The van der Waals surface area contributed by atoms with Crippen LogP contribution >= 0.6 is 0 Å². The van der Waals surface area contributed by atoms with Gasteiger partial charge in [0.05, 0.1) is 6.10 Å². The molecule has 0 radical (unpaired) electrons. The standard InChI is InChI=1S/C12H24O/c1-12(2,3)9-10-7-5-4-6-8-11(10)13/h10-11,13H,4-9H2,1-3H3/t10-,11+/m0/s1. The van der Waals surface area contributed by atoms with Crippen molar-refractivity contribution >= 4 is 0 Å². The Labute approximate surface area is 82.5 Å². The highest BCUT2D eigenvalue weighted by atomic mass is 16.3. The first-order valence-electron chi connectivity index (χ1n) is 5.67. The van der Waals surface area contributed by atoms with Crippen molar-refractivity contribution in [1.29, 1.82) is 0 Å². The highest BCUT2D eigenvalue weighted by Gasteiger charge is 2.25. The van der Waals surface area contributed by atoms with Crippen LogP contribution in [0.1, 0.15) is 59.3 Å². The van der Waals surface area contributed by atoms with E-state index < -0.39 is 0 Å². The predicted octanol–water partition coefficient (Wildman–Crippen LogP) is 3.36. The summed E-state index contributed by atoms with van der Waals surface area (Å²) in [4.78, 5) is 0. The molecule has 1 rings (SSSR count). The van der Waals surface area contributed by atoms with Gasteiger partial charge in [-0.2, -0.15) is 0 Å². The summed E-state index contributed by atoms with van der Waals surface area (Å²) in [7, 11) is 0. The van der Waals surface area contributed by atoms with Crippen LogP contribution in [0.4, 0.5) is 0 Å². The molecule has 0 aliphatic heterocycles. The van der Waals surface area contributed by atoms with Gasteiger partial charge in [0.2, 0.25) is 0 Å². The van der Waals surface area contributed by atoms with E-state index in [2.05, 4.69) is 20.8 Å². The first-order chi connectivity index (χ1) is 5.99. The molecular weight excluding hydrogens is 160 g/mol. The second-order valence-corrected chi connectivity index (χ2v) is 5.73. The molecule has 1 N–H and O–H groups in total. The van der Waals surface area contributed by atoms with Gasteiger partial charge >= 0.3 is 0 Å². The minimum absolute atomic E-state index is 0.0262. The molecule has 78 valence electrons. The second kappa shape index (κ2) is 4.45.